The Morgan fingerprint density at radius 2 is 1.97 bits per heavy atom. The topological polar surface area (TPSA) is 99.7 Å². The highest BCUT2D eigenvalue weighted by molar-refractivity contribution is 5.92. The number of pyridine rings is 1. The van der Waals surface area contributed by atoms with Crippen molar-refractivity contribution in [2.45, 2.75) is 40.5 Å². The third-order valence-corrected chi connectivity index (χ3v) is 6.13. The lowest BCUT2D eigenvalue weighted by Gasteiger charge is -2.38. The fourth-order valence-electron chi connectivity index (χ4n) is 4.19. The maximum Gasteiger partial charge on any atom is 0.321 e. The Labute approximate surface area is 186 Å². The summed E-state index contributed by atoms with van der Waals surface area (Å²) < 4.78 is 15.3. The average Bonchev–Trinajstić information content (AvgIpc) is 3.28. The molecule has 3 heterocycles. The number of urea groups is 1. The van der Waals surface area contributed by atoms with E-state index in [9.17, 15) is 4.79 Å². The lowest BCUT2D eigenvalue weighted by atomic mass is 9.75. The summed E-state index contributed by atoms with van der Waals surface area (Å²) in [5.41, 5.74) is 2.72. The lowest BCUT2D eigenvalue weighted by molar-refractivity contribution is 0.128. The molecule has 8 nitrogen and oxygen atoms in total. The second-order valence-electron chi connectivity index (χ2n) is 9.36. The van der Waals surface area contributed by atoms with Gasteiger partial charge in [-0.05, 0) is 54.5 Å². The van der Waals surface area contributed by atoms with Crippen LogP contribution in [0.2, 0.25) is 0 Å². The third-order valence-electron chi connectivity index (χ3n) is 6.13. The zero-order valence-corrected chi connectivity index (χ0v) is 18.8. The molecule has 1 aromatic carbocycles. The van der Waals surface area contributed by atoms with Crippen molar-refractivity contribution in [2.75, 3.05) is 18.4 Å². The fraction of sp³-hybridized carbons (Fsp3) is 0.435. The van der Waals surface area contributed by atoms with Crippen molar-refractivity contribution >= 4 is 11.7 Å². The number of benzene rings is 1. The van der Waals surface area contributed by atoms with E-state index in [4.69, 9.17) is 0 Å². The van der Waals surface area contributed by atoms with Crippen molar-refractivity contribution in [3.63, 3.8) is 0 Å². The second-order valence-corrected chi connectivity index (χ2v) is 9.36. The first kappa shape index (κ1) is 21.9. The molecule has 2 N–H and O–H groups in total. The number of aromatic amines is 1. The van der Waals surface area contributed by atoms with Crippen LogP contribution in [0.3, 0.4) is 0 Å². The number of halogens is 1. The molecule has 168 valence electrons. The van der Waals surface area contributed by atoms with E-state index >= 15 is 4.39 Å². The van der Waals surface area contributed by atoms with Crippen LogP contribution in [0.4, 0.5) is 14.9 Å². The summed E-state index contributed by atoms with van der Waals surface area (Å²) in [4.78, 5) is 18.9. The molecule has 0 bridgehead atoms. The van der Waals surface area contributed by atoms with E-state index in [2.05, 4.69) is 51.7 Å². The normalized spacial score (nSPS) is 15.1. The highest BCUT2D eigenvalue weighted by Gasteiger charge is 2.30. The van der Waals surface area contributed by atoms with Crippen LogP contribution in [0.15, 0.2) is 30.5 Å². The molecule has 1 saturated heterocycles. The van der Waals surface area contributed by atoms with E-state index in [0.717, 1.165) is 18.5 Å². The molecule has 2 aromatic heterocycles. The molecule has 9 heteroatoms. The van der Waals surface area contributed by atoms with E-state index in [-0.39, 0.29) is 17.3 Å². The van der Waals surface area contributed by atoms with Crippen LogP contribution in [0.25, 0.3) is 22.5 Å². The molecule has 4 rings (SSSR count). The number of tetrazole rings is 1. The molecule has 3 aromatic rings. The lowest BCUT2D eigenvalue weighted by Crippen LogP contribution is -2.43. The van der Waals surface area contributed by atoms with Gasteiger partial charge < -0.3 is 10.2 Å². The van der Waals surface area contributed by atoms with Crippen molar-refractivity contribution in [1.82, 2.24) is 30.5 Å². The molecule has 1 aliphatic rings. The second kappa shape index (κ2) is 8.64. The molecule has 1 aliphatic heterocycles. The predicted octanol–water partition coefficient (Wildman–Crippen LogP) is 4.67. The van der Waals surface area contributed by atoms with Gasteiger partial charge in [-0.25, -0.2) is 9.18 Å². The van der Waals surface area contributed by atoms with Gasteiger partial charge in [0.05, 0.1) is 0 Å². The molecule has 0 radical (unpaired) electrons. The van der Waals surface area contributed by atoms with Crippen molar-refractivity contribution in [3.05, 3.63) is 42.0 Å². The number of rotatable bonds is 3. The Balaban J connectivity index is 1.59. The molecule has 0 unspecified atom stereocenters. The van der Waals surface area contributed by atoms with Crippen molar-refractivity contribution in [2.24, 2.45) is 11.3 Å². The molecule has 0 saturated carbocycles. The van der Waals surface area contributed by atoms with Crippen LogP contribution in [0.1, 0.15) is 39.3 Å². The van der Waals surface area contributed by atoms with Gasteiger partial charge in [0.2, 0.25) is 5.82 Å². The fourth-order valence-corrected chi connectivity index (χ4v) is 4.19. The van der Waals surface area contributed by atoms with Crippen molar-refractivity contribution < 1.29 is 9.18 Å². The van der Waals surface area contributed by atoms with Crippen LogP contribution >= 0.6 is 0 Å². The first-order chi connectivity index (χ1) is 15.2. The number of anilines is 1. The molecular formula is C23H28FN7O. The summed E-state index contributed by atoms with van der Waals surface area (Å²) in [5.74, 6) is 0.317. The van der Waals surface area contributed by atoms with Crippen LogP contribution in [0.5, 0.6) is 0 Å². The SMILES string of the molecule is Cc1ccc(-c2c(F)cc(NC(=O)N3CCC(C(C)(C)C)CC3)cc2-c2nn[nH]n2)cn1. The number of carbonyl (C=O) groups excluding carboxylic acids is 1. The van der Waals surface area contributed by atoms with Crippen molar-refractivity contribution in [3.8, 4) is 22.5 Å². The summed E-state index contributed by atoms with van der Waals surface area (Å²) in [7, 11) is 0. The number of hydrogen-bond donors (Lipinski definition) is 2. The molecule has 0 atom stereocenters. The number of piperidine rings is 1. The predicted molar refractivity (Wildman–Crippen MR) is 120 cm³/mol. The monoisotopic (exact) mass is 437 g/mol. The van der Waals surface area contributed by atoms with Gasteiger partial charge in [-0.2, -0.15) is 5.21 Å². The van der Waals surface area contributed by atoms with Gasteiger partial charge in [0.15, 0.2) is 0 Å². The van der Waals surface area contributed by atoms with Crippen LogP contribution in [-0.4, -0.2) is 49.6 Å². The summed E-state index contributed by atoms with van der Waals surface area (Å²) in [6.07, 6.45) is 3.52. The number of aromatic nitrogens is 5. The molecular weight excluding hydrogens is 409 g/mol. The highest BCUT2D eigenvalue weighted by atomic mass is 19.1. The first-order valence-electron chi connectivity index (χ1n) is 10.8. The summed E-state index contributed by atoms with van der Waals surface area (Å²) in [6.45, 7) is 9.94. The molecule has 0 aliphatic carbocycles. The summed E-state index contributed by atoms with van der Waals surface area (Å²) in [6, 6.07) is 6.36. The number of H-pyrrole nitrogens is 1. The third kappa shape index (κ3) is 4.61. The van der Waals surface area contributed by atoms with E-state index in [1.165, 1.54) is 6.07 Å². The van der Waals surface area contributed by atoms with E-state index in [1.54, 1.807) is 23.2 Å². The zero-order chi connectivity index (χ0) is 22.9. The van der Waals surface area contributed by atoms with Gasteiger partial charge in [-0.3, -0.25) is 4.98 Å². The maximum absolute atomic E-state index is 15.3. The molecule has 2 amide bonds. The maximum atomic E-state index is 15.3. The standard InChI is InChI=1S/C23H28FN7O/c1-14-5-6-15(13-25-14)20-18(21-27-29-30-28-21)11-17(12-19(20)24)26-22(32)31-9-7-16(8-10-31)23(2,3)4/h5-6,11-13,16H,7-10H2,1-4H3,(H,26,32)(H,27,28,29,30). The molecule has 1 fully saturated rings. The largest absolute Gasteiger partial charge is 0.325 e. The Morgan fingerprint density at radius 1 is 1.22 bits per heavy atom. The van der Waals surface area contributed by atoms with Crippen LogP contribution < -0.4 is 5.32 Å². The van der Waals surface area contributed by atoms with E-state index in [1.807, 2.05) is 13.0 Å². The Bertz CT molecular complexity index is 1080. The molecule has 0 spiro atoms. The number of aryl methyl sites for hydroxylation is 1. The minimum Gasteiger partial charge on any atom is -0.325 e. The number of carbonyl (C=O) groups is 1. The Kier molecular flexibility index (Phi) is 5.90. The summed E-state index contributed by atoms with van der Waals surface area (Å²) >= 11 is 0. The minimum absolute atomic E-state index is 0.228. The number of likely N-dealkylation sites (tertiary alicyclic amines) is 1. The Morgan fingerprint density at radius 3 is 2.56 bits per heavy atom. The van der Waals surface area contributed by atoms with E-state index in [0.29, 0.717) is 41.4 Å². The molecule has 32 heavy (non-hydrogen) atoms. The van der Waals surface area contributed by atoms with Crippen molar-refractivity contribution in [1.29, 1.82) is 0 Å². The van der Waals surface area contributed by atoms with Gasteiger partial charge in [-0.1, -0.05) is 26.8 Å². The van der Waals surface area contributed by atoms with Gasteiger partial charge >= 0.3 is 6.03 Å². The van der Waals surface area contributed by atoms with Gasteiger partial charge in [-0.15, -0.1) is 10.2 Å². The number of hydrogen-bond acceptors (Lipinski definition) is 5. The summed E-state index contributed by atoms with van der Waals surface area (Å²) in [5, 5.41) is 16.9. The number of amides is 2. The van der Waals surface area contributed by atoms with Gasteiger partial charge in [0, 0.05) is 47.4 Å². The number of nitrogens with one attached hydrogen (secondary N) is 2. The Hall–Kier alpha value is -3.36. The van der Waals surface area contributed by atoms with Crippen LogP contribution in [0, 0.1) is 24.1 Å². The quantitative estimate of drug-likeness (QED) is 0.620. The zero-order valence-electron chi connectivity index (χ0n) is 18.8. The smallest absolute Gasteiger partial charge is 0.321 e. The van der Waals surface area contributed by atoms with Gasteiger partial charge in [0.1, 0.15) is 5.82 Å². The first-order valence-corrected chi connectivity index (χ1v) is 10.8. The highest BCUT2D eigenvalue weighted by Crippen LogP contribution is 2.36. The average molecular weight is 438 g/mol. The number of nitrogens with zero attached hydrogens (tertiary/aromatic N) is 5. The van der Waals surface area contributed by atoms with Gasteiger partial charge in [0.25, 0.3) is 0 Å². The van der Waals surface area contributed by atoms with Crippen LogP contribution in [-0.2, 0) is 0 Å². The minimum atomic E-state index is -0.500. The van der Waals surface area contributed by atoms with E-state index < -0.39 is 5.82 Å².